The minimum absolute atomic E-state index is 0.0458. The minimum Gasteiger partial charge on any atom is -0.342 e. The normalized spacial score (nSPS) is 18.6. The molecule has 4 nitrogen and oxygen atoms in total. The van der Waals surface area contributed by atoms with Crippen LogP contribution in [-0.2, 0) is 9.59 Å². The van der Waals surface area contributed by atoms with Crippen molar-refractivity contribution in [3.8, 4) is 0 Å². The fraction of sp³-hybridized carbons (Fsp3) is 0.909. The fourth-order valence-corrected chi connectivity index (χ4v) is 4.05. The van der Waals surface area contributed by atoms with Crippen LogP contribution in [0.1, 0.15) is 92.9 Å². The van der Waals surface area contributed by atoms with E-state index in [0.717, 1.165) is 51.6 Å². The molecule has 0 aliphatic carbocycles. The van der Waals surface area contributed by atoms with Gasteiger partial charge in [-0.25, -0.2) is 0 Å². The van der Waals surface area contributed by atoms with E-state index in [1.54, 1.807) is 0 Å². The predicted octanol–water partition coefficient (Wildman–Crippen LogP) is 4.57. The van der Waals surface area contributed by atoms with Gasteiger partial charge >= 0.3 is 0 Å². The number of nitrogens with zero attached hydrogens (tertiary/aromatic N) is 1. The molecule has 1 heterocycles. The van der Waals surface area contributed by atoms with Crippen molar-refractivity contribution in [2.24, 2.45) is 11.3 Å². The number of hydrogen-bond acceptors (Lipinski definition) is 3. The molecular weight excluding hydrogens is 324 g/mol. The maximum Gasteiger partial charge on any atom is 0.236 e. The first-order valence-electron chi connectivity index (χ1n) is 10.8. The Morgan fingerprint density at radius 1 is 1.00 bits per heavy atom. The molecule has 1 rings (SSSR count). The van der Waals surface area contributed by atoms with Gasteiger partial charge in [0.05, 0.1) is 6.54 Å². The third-order valence-corrected chi connectivity index (χ3v) is 6.29. The van der Waals surface area contributed by atoms with Gasteiger partial charge in [-0.1, -0.05) is 53.9 Å². The lowest BCUT2D eigenvalue weighted by Crippen LogP contribution is -2.50. The lowest BCUT2D eigenvalue weighted by molar-refractivity contribution is -0.138. The van der Waals surface area contributed by atoms with Crippen molar-refractivity contribution in [2.75, 3.05) is 19.6 Å². The summed E-state index contributed by atoms with van der Waals surface area (Å²) in [4.78, 5) is 27.3. The number of piperidine rings is 1. The monoisotopic (exact) mass is 366 g/mol. The Kier molecular flexibility index (Phi) is 9.29. The van der Waals surface area contributed by atoms with E-state index >= 15 is 0 Å². The Morgan fingerprint density at radius 3 is 2.12 bits per heavy atom. The van der Waals surface area contributed by atoms with Gasteiger partial charge in [0.25, 0.3) is 0 Å². The average Bonchev–Trinajstić information content (AvgIpc) is 2.64. The lowest BCUT2D eigenvalue weighted by Gasteiger charge is -2.36. The van der Waals surface area contributed by atoms with Crippen LogP contribution in [0.3, 0.4) is 0 Å². The smallest absolute Gasteiger partial charge is 0.236 e. The molecule has 0 spiro atoms. The van der Waals surface area contributed by atoms with Gasteiger partial charge in [0.2, 0.25) is 5.91 Å². The highest BCUT2D eigenvalue weighted by Gasteiger charge is 2.35. The van der Waals surface area contributed by atoms with Crippen LogP contribution in [0, 0.1) is 11.3 Å². The third-order valence-electron chi connectivity index (χ3n) is 6.29. The van der Waals surface area contributed by atoms with E-state index in [1.807, 2.05) is 4.90 Å². The average molecular weight is 367 g/mol. The highest BCUT2D eigenvalue weighted by Crippen LogP contribution is 2.31. The second-order valence-corrected chi connectivity index (χ2v) is 9.02. The molecule has 1 atom stereocenters. The van der Waals surface area contributed by atoms with Gasteiger partial charge in [-0.15, -0.1) is 0 Å². The SMILES string of the molecule is CCCCC(C)(CC)NCC(=O)N1CCC(C(=O)C(C)(C)CCC)CC1. The number of Topliss-reactive ketones (excluding diaryl/α,β-unsaturated/α-hetero) is 1. The zero-order valence-electron chi connectivity index (χ0n) is 18.1. The first-order valence-corrected chi connectivity index (χ1v) is 10.8. The largest absolute Gasteiger partial charge is 0.342 e. The maximum absolute atomic E-state index is 12.8. The Morgan fingerprint density at radius 2 is 1.62 bits per heavy atom. The van der Waals surface area contributed by atoms with Crippen molar-refractivity contribution >= 4 is 11.7 Å². The number of unbranched alkanes of at least 4 members (excludes halogenated alkanes) is 1. The van der Waals surface area contributed by atoms with Gasteiger partial charge in [-0.3, -0.25) is 9.59 Å². The van der Waals surface area contributed by atoms with Crippen LogP contribution in [0.15, 0.2) is 0 Å². The van der Waals surface area contributed by atoms with E-state index < -0.39 is 0 Å². The lowest BCUT2D eigenvalue weighted by atomic mass is 9.75. The predicted molar refractivity (Wildman–Crippen MR) is 109 cm³/mol. The van der Waals surface area contributed by atoms with E-state index in [-0.39, 0.29) is 22.8 Å². The molecule has 0 aromatic rings. The third kappa shape index (κ3) is 6.68. The van der Waals surface area contributed by atoms with Gasteiger partial charge in [-0.2, -0.15) is 0 Å². The molecule has 152 valence electrons. The van der Waals surface area contributed by atoms with Crippen molar-refractivity contribution in [3.63, 3.8) is 0 Å². The van der Waals surface area contributed by atoms with Crippen LogP contribution in [-0.4, -0.2) is 41.8 Å². The minimum atomic E-state index is -0.227. The van der Waals surface area contributed by atoms with E-state index in [9.17, 15) is 9.59 Å². The van der Waals surface area contributed by atoms with Gasteiger partial charge in [0.15, 0.2) is 0 Å². The Hall–Kier alpha value is -0.900. The molecule has 1 N–H and O–H groups in total. The van der Waals surface area contributed by atoms with Crippen molar-refractivity contribution in [1.29, 1.82) is 0 Å². The summed E-state index contributed by atoms with van der Waals surface area (Å²) >= 11 is 0. The summed E-state index contributed by atoms with van der Waals surface area (Å²) in [6.07, 6.45) is 8.13. The zero-order chi connectivity index (χ0) is 19.8. The number of amides is 1. The molecule has 1 amide bonds. The van der Waals surface area contributed by atoms with Crippen LogP contribution in [0.2, 0.25) is 0 Å². The molecule has 1 unspecified atom stereocenters. The van der Waals surface area contributed by atoms with E-state index in [0.29, 0.717) is 12.3 Å². The van der Waals surface area contributed by atoms with Crippen LogP contribution < -0.4 is 5.32 Å². The highest BCUT2D eigenvalue weighted by molar-refractivity contribution is 5.86. The molecule has 1 saturated heterocycles. The number of rotatable bonds is 11. The Balaban J connectivity index is 2.47. The molecule has 0 aromatic carbocycles. The van der Waals surface area contributed by atoms with Gasteiger partial charge in [0, 0.05) is 30.0 Å². The topological polar surface area (TPSA) is 49.4 Å². The fourth-order valence-electron chi connectivity index (χ4n) is 4.05. The second kappa shape index (κ2) is 10.4. The summed E-state index contributed by atoms with van der Waals surface area (Å²) in [5.74, 6) is 0.696. The Labute approximate surface area is 161 Å². The molecule has 1 aliphatic rings. The van der Waals surface area contributed by atoms with Gasteiger partial charge in [-0.05, 0) is 39.0 Å². The quantitative estimate of drug-likeness (QED) is 0.583. The molecule has 1 fully saturated rings. The number of likely N-dealkylation sites (tertiary alicyclic amines) is 1. The first kappa shape index (κ1) is 23.1. The van der Waals surface area contributed by atoms with Crippen molar-refractivity contribution < 1.29 is 9.59 Å². The van der Waals surface area contributed by atoms with E-state index in [4.69, 9.17) is 0 Å². The summed E-state index contributed by atoms with van der Waals surface area (Å²) in [5, 5.41) is 3.49. The summed E-state index contributed by atoms with van der Waals surface area (Å²) in [6, 6.07) is 0. The van der Waals surface area contributed by atoms with Crippen molar-refractivity contribution in [1.82, 2.24) is 10.2 Å². The first-order chi connectivity index (χ1) is 12.2. The van der Waals surface area contributed by atoms with E-state index in [2.05, 4.69) is 46.9 Å². The highest BCUT2D eigenvalue weighted by atomic mass is 16.2. The van der Waals surface area contributed by atoms with Gasteiger partial charge < -0.3 is 10.2 Å². The zero-order valence-corrected chi connectivity index (χ0v) is 18.1. The van der Waals surface area contributed by atoms with Gasteiger partial charge in [0.1, 0.15) is 5.78 Å². The Bertz CT molecular complexity index is 453. The number of carbonyl (C=O) groups excluding carboxylic acids is 2. The van der Waals surface area contributed by atoms with Crippen LogP contribution in [0.5, 0.6) is 0 Å². The molecule has 0 bridgehead atoms. The molecule has 4 heteroatoms. The number of carbonyl (C=O) groups is 2. The second-order valence-electron chi connectivity index (χ2n) is 9.02. The van der Waals surface area contributed by atoms with Crippen molar-refractivity contribution in [2.45, 2.75) is 98.4 Å². The molecule has 0 saturated carbocycles. The van der Waals surface area contributed by atoms with Crippen molar-refractivity contribution in [3.05, 3.63) is 0 Å². The summed E-state index contributed by atoms with van der Waals surface area (Å²) in [5.41, 5.74) is -0.181. The maximum atomic E-state index is 12.8. The summed E-state index contributed by atoms with van der Waals surface area (Å²) in [6.45, 7) is 14.7. The van der Waals surface area contributed by atoms with Crippen LogP contribution in [0.25, 0.3) is 0 Å². The molecule has 0 aromatic heterocycles. The van der Waals surface area contributed by atoms with Crippen LogP contribution in [0.4, 0.5) is 0 Å². The summed E-state index contributed by atoms with van der Waals surface area (Å²) < 4.78 is 0. The number of ketones is 1. The number of nitrogens with one attached hydrogen (secondary N) is 1. The molecular formula is C22H42N2O2. The van der Waals surface area contributed by atoms with E-state index in [1.165, 1.54) is 12.8 Å². The molecule has 0 radical (unpaired) electrons. The summed E-state index contributed by atoms with van der Waals surface area (Å²) in [7, 11) is 0. The number of hydrogen-bond donors (Lipinski definition) is 1. The van der Waals surface area contributed by atoms with Crippen LogP contribution >= 0.6 is 0 Å². The molecule has 26 heavy (non-hydrogen) atoms. The molecule has 1 aliphatic heterocycles. The standard InChI is InChI=1S/C22H42N2O2/c1-7-10-14-22(6,9-3)23-17-19(25)24-15-11-18(12-16-24)20(26)21(4,5)13-8-2/h18,23H,7-17H2,1-6H3.